The molecule has 1 atom stereocenters. The molecule has 0 aliphatic heterocycles. The van der Waals surface area contributed by atoms with Gasteiger partial charge in [-0.1, -0.05) is 41.9 Å². The molecule has 1 fully saturated rings. The molecule has 10 heteroatoms. The van der Waals surface area contributed by atoms with E-state index in [2.05, 4.69) is 4.72 Å². The highest BCUT2D eigenvalue weighted by molar-refractivity contribution is 7.92. The number of para-hydroxylation sites is 1. The summed E-state index contributed by atoms with van der Waals surface area (Å²) in [6.45, 7) is -0.623. The molecule has 0 bridgehead atoms. The number of ether oxygens (including phenoxy) is 1. The highest BCUT2D eigenvalue weighted by Crippen LogP contribution is 2.42. The highest BCUT2D eigenvalue weighted by atomic mass is 35.5. The second-order valence-electron chi connectivity index (χ2n) is 7.92. The van der Waals surface area contributed by atoms with Gasteiger partial charge in [0.05, 0.1) is 17.5 Å². The van der Waals surface area contributed by atoms with Crippen molar-refractivity contribution in [2.45, 2.75) is 31.2 Å². The quantitative estimate of drug-likeness (QED) is 0.593. The van der Waals surface area contributed by atoms with Gasteiger partial charge < -0.3 is 9.64 Å². The van der Waals surface area contributed by atoms with E-state index in [1.54, 1.807) is 36.4 Å². The van der Waals surface area contributed by atoms with Crippen molar-refractivity contribution in [3.8, 4) is 0 Å². The van der Waals surface area contributed by atoms with Crippen molar-refractivity contribution in [3.05, 3.63) is 64.7 Å². The summed E-state index contributed by atoms with van der Waals surface area (Å²) in [5.74, 6) is -1.57. The number of nitrogens with zero attached hydrogens (tertiary/aromatic N) is 1. The van der Waals surface area contributed by atoms with Crippen LogP contribution in [-0.2, 0) is 29.9 Å². The molecule has 2 aromatic rings. The number of Topliss-reactive ketones (excluding diaryl/α,β-unsaturated/α-hetero) is 1. The van der Waals surface area contributed by atoms with Crippen LogP contribution >= 0.6 is 11.6 Å². The maximum atomic E-state index is 13.1. The number of sulfonamides is 1. The number of carbonyl (C=O) groups is 3. The number of amides is 1. The lowest BCUT2D eigenvalue weighted by Gasteiger charge is -2.43. The van der Waals surface area contributed by atoms with Crippen LogP contribution in [0.2, 0.25) is 5.02 Å². The maximum Gasteiger partial charge on any atom is 0.340 e. The molecule has 1 unspecified atom stereocenters. The van der Waals surface area contributed by atoms with E-state index in [-0.39, 0.29) is 17.0 Å². The van der Waals surface area contributed by atoms with Gasteiger partial charge >= 0.3 is 5.97 Å². The summed E-state index contributed by atoms with van der Waals surface area (Å²) < 4.78 is 30.6. The Labute approximate surface area is 197 Å². The third-order valence-corrected chi connectivity index (χ3v) is 6.61. The third-order valence-electron chi connectivity index (χ3n) is 5.69. The number of nitrogens with one attached hydrogen (secondary N) is 1. The van der Waals surface area contributed by atoms with Gasteiger partial charge in [-0.05, 0) is 37.5 Å². The van der Waals surface area contributed by atoms with E-state index in [0.29, 0.717) is 23.4 Å². The first-order valence-corrected chi connectivity index (χ1v) is 12.6. The summed E-state index contributed by atoms with van der Waals surface area (Å²) in [6.07, 6.45) is 3.15. The Morgan fingerprint density at radius 1 is 1.12 bits per heavy atom. The minimum Gasteiger partial charge on any atom is -0.452 e. The zero-order chi connectivity index (χ0) is 24.2. The average molecular weight is 493 g/mol. The third kappa shape index (κ3) is 5.36. The average Bonchev–Trinajstić information content (AvgIpc) is 2.77. The molecule has 0 aromatic heterocycles. The van der Waals surface area contributed by atoms with Crippen LogP contribution < -0.4 is 4.72 Å². The van der Waals surface area contributed by atoms with Crippen molar-refractivity contribution in [1.82, 2.24) is 4.90 Å². The van der Waals surface area contributed by atoms with E-state index in [1.807, 2.05) is 0 Å². The molecule has 0 spiro atoms. The number of likely N-dealkylation sites (N-methyl/N-ethyl adjacent to an activating group) is 1. The molecule has 8 nitrogen and oxygen atoms in total. The van der Waals surface area contributed by atoms with Gasteiger partial charge in [-0.3, -0.25) is 14.3 Å². The number of hydrogen-bond acceptors (Lipinski definition) is 6. The van der Waals surface area contributed by atoms with Gasteiger partial charge in [-0.25, -0.2) is 13.2 Å². The second kappa shape index (κ2) is 9.93. The van der Waals surface area contributed by atoms with Crippen molar-refractivity contribution in [2.75, 3.05) is 24.6 Å². The number of benzene rings is 2. The minimum atomic E-state index is -3.62. The number of hydrogen-bond donors (Lipinski definition) is 1. The minimum absolute atomic E-state index is 0.0343. The van der Waals surface area contributed by atoms with Crippen molar-refractivity contribution >= 4 is 45.0 Å². The number of anilines is 1. The molecule has 0 heterocycles. The number of halogens is 1. The van der Waals surface area contributed by atoms with Crippen LogP contribution in [0.25, 0.3) is 0 Å². The normalized spacial score (nSPS) is 18.5. The van der Waals surface area contributed by atoms with Gasteiger partial charge in [-0.2, -0.15) is 0 Å². The van der Waals surface area contributed by atoms with E-state index < -0.39 is 34.0 Å². The topological polar surface area (TPSA) is 110 Å². The van der Waals surface area contributed by atoms with Crippen LogP contribution in [0.15, 0.2) is 48.5 Å². The van der Waals surface area contributed by atoms with Gasteiger partial charge in [0.15, 0.2) is 12.4 Å². The summed E-state index contributed by atoms with van der Waals surface area (Å²) in [4.78, 5) is 40.1. The molecule has 1 aliphatic rings. The first-order valence-electron chi connectivity index (χ1n) is 10.3. The first kappa shape index (κ1) is 24.7. The Morgan fingerprint density at radius 2 is 1.79 bits per heavy atom. The number of esters is 1. The Kier molecular flexibility index (Phi) is 7.44. The fraction of sp³-hybridized carbons (Fsp3) is 0.348. The lowest BCUT2D eigenvalue weighted by molar-refractivity contribution is -0.150. The zero-order valence-corrected chi connectivity index (χ0v) is 19.9. The van der Waals surface area contributed by atoms with Gasteiger partial charge in [0, 0.05) is 24.1 Å². The Hall–Kier alpha value is -2.91. The predicted molar refractivity (Wildman–Crippen MR) is 125 cm³/mol. The zero-order valence-electron chi connectivity index (χ0n) is 18.3. The van der Waals surface area contributed by atoms with Crippen molar-refractivity contribution in [2.24, 2.45) is 0 Å². The number of ketones is 1. The van der Waals surface area contributed by atoms with Crippen molar-refractivity contribution in [3.63, 3.8) is 0 Å². The molecular formula is C23H25ClN2O6S. The first-order chi connectivity index (χ1) is 15.6. The fourth-order valence-electron chi connectivity index (χ4n) is 4.09. The van der Waals surface area contributed by atoms with Gasteiger partial charge in [0.25, 0.3) is 5.91 Å². The summed E-state index contributed by atoms with van der Waals surface area (Å²) >= 11 is 6.41. The fourth-order valence-corrected chi connectivity index (χ4v) is 4.96. The molecule has 1 saturated carbocycles. The Morgan fingerprint density at radius 3 is 2.45 bits per heavy atom. The lowest BCUT2D eigenvalue weighted by Crippen LogP contribution is -2.55. The van der Waals surface area contributed by atoms with Crippen LogP contribution in [-0.4, -0.2) is 50.9 Å². The summed E-state index contributed by atoms with van der Waals surface area (Å²) in [7, 11) is -2.12. The second-order valence-corrected chi connectivity index (χ2v) is 10.1. The molecule has 1 amide bonds. The van der Waals surface area contributed by atoms with E-state index in [9.17, 15) is 22.8 Å². The standard InChI is InChI=1S/C23H25ClN2O6S/c1-26(23(14-8-7-13-20(23)27)17-10-4-5-11-18(17)24)21(28)15-32-22(29)16-9-3-6-12-19(16)25-33(2,30)31/h3-6,9-12,25H,7-8,13-15H2,1-2H3. The summed E-state index contributed by atoms with van der Waals surface area (Å²) in [6, 6.07) is 12.8. The van der Waals surface area contributed by atoms with Crippen LogP contribution in [0.4, 0.5) is 5.69 Å². The van der Waals surface area contributed by atoms with Crippen LogP contribution in [0.3, 0.4) is 0 Å². The van der Waals surface area contributed by atoms with Crippen LogP contribution in [0.5, 0.6) is 0 Å². The number of carbonyl (C=O) groups excluding carboxylic acids is 3. The molecule has 176 valence electrons. The van der Waals surface area contributed by atoms with Crippen molar-refractivity contribution in [1.29, 1.82) is 0 Å². The van der Waals surface area contributed by atoms with E-state index in [1.165, 1.54) is 24.1 Å². The SMILES string of the molecule is CN(C(=O)COC(=O)c1ccccc1NS(C)(=O)=O)C1(c2ccccc2Cl)CCCCC1=O. The van der Waals surface area contributed by atoms with Crippen molar-refractivity contribution < 1.29 is 27.5 Å². The predicted octanol–water partition coefficient (Wildman–Crippen LogP) is 3.37. The molecule has 1 aliphatic carbocycles. The van der Waals surface area contributed by atoms with Crippen LogP contribution in [0, 0.1) is 0 Å². The van der Waals surface area contributed by atoms with Gasteiger partial charge in [0.2, 0.25) is 10.0 Å². The molecule has 3 rings (SSSR count). The van der Waals surface area contributed by atoms with Crippen LogP contribution in [0.1, 0.15) is 41.6 Å². The molecule has 0 radical (unpaired) electrons. The maximum absolute atomic E-state index is 13.1. The number of rotatable bonds is 7. The smallest absolute Gasteiger partial charge is 0.340 e. The van der Waals surface area contributed by atoms with E-state index in [4.69, 9.17) is 16.3 Å². The molecule has 0 saturated heterocycles. The molecule has 2 aromatic carbocycles. The monoisotopic (exact) mass is 492 g/mol. The van der Waals surface area contributed by atoms with E-state index in [0.717, 1.165) is 19.1 Å². The summed E-state index contributed by atoms with van der Waals surface area (Å²) in [5.41, 5.74) is -0.689. The summed E-state index contributed by atoms with van der Waals surface area (Å²) in [5, 5.41) is 0.380. The largest absolute Gasteiger partial charge is 0.452 e. The van der Waals surface area contributed by atoms with E-state index >= 15 is 0 Å². The Balaban J connectivity index is 1.82. The molecular weight excluding hydrogens is 468 g/mol. The van der Waals surface area contributed by atoms with Gasteiger partial charge in [-0.15, -0.1) is 0 Å². The molecule has 1 N–H and O–H groups in total. The highest BCUT2D eigenvalue weighted by Gasteiger charge is 2.48. The van der Waals surface area contributed by atoms with Gasteiger partial charge in [0.1, 0.15) is 5.54 Å². The molecule has 33 heavy (non-hydrogen) atoms. The Bertz CT molecular complexity index is 1180. The lowest BCUT2D eigenvalue weighted by atomic mass is 9.74.